The van der Waals surface area contributed by atoms with Crippen molar-refractivity contribution in [2.75, 3.05) is 12.8 Å². The van der Waals surface area contributed by atoms with E-state index in [1.54, 1.807) is 6.20 Å². The van der Waals surface area contributed by atoms with Crippen molar-refractivity contribution < 1.29 is 17.9 Å². The van der Waals surface area contributed by atoms with Gasteiger partial charge in [0.15, 0.2) is 0 Å². The Labute approximate surface area is 197 Å². The van der Waals surface area contributed by atoms with Crippen LogP contribution in [0.15, 0.2) is 49.2 Å². The first-order valence-corrected chi connectivity index (χ1v) is 10.6. The van der Waals surface area contributed by atoms with Gasteiger partial charge in [0.05, 0.1) is 30.9 Å². The summed E-state index contributed by atoms with van der Waals surface area (Å²) in [5.74, 6) is -1.40. The Kier molecular flexibility index (Phi) is 5.55. The van der Waals surface area contributed by atoms with E-state index in [9.17, 15) is 13.2 Å². The molecule has 0 aliphatic rings. The highest BCUT2D eigenvalue weighted by Gasteiger charge is 2.25. The molecule has 2 N–H and O–H groups in total. The number of anilines is 1. The van der Waals surface area contributed by atoms with Crippen LogP contribution >= 0.6 is 0 Å². The van der Waals surface area contributed by atoms with Gasteiger partial charge in [0.25, 0.3) is 0 Å². The minimum absolute atomic E-state index is 0.0706. The summed E-state index contributed by atoms with van der Waals surface area (Å²) >= 11 is 0. The van der Waals surface area contributed by atoms with Gasteiger partial charge in [0.1, 0.15) is 46.6 Å². The largest absolute Gasteiger partial charge is 0.481 e. The van der Waals surface area contributed by atoms with Crippen LogP contribution in [-0.2, 0) is 0 Å². The quantitative estimate of drug-likeness (QED) is 0.390. The fourth-order valence-corrected chi connectivity index (χ4v) is 4.09. The highest BCUT2D eigenvalue weighted by molar-refractivity contribution is 6.01. The van der Waals surface area contributed by atoms with Gasteiger partial charge in [-0.25, -0.2) is 32.8 Å². The molecule has 12 heteroatoms. The minimum Gasteiger partial charge on any atom is -0.481 e. The van der Waals surface area contributed by atoms with Crippen LogP contribution in [0.5, 0.6) is 5.88 Å². The molecule has 5 aromatic rings. The molecule has 0 saturated carbocycles. The van der Waals surface area contributed by atoms with E-state index in [0.29, 0.717) is 34.3 Å². The molecule has 0 amide bonds. The molecular formula is C23H19F3N8O. The number of pyridine rings is 1. The van der Waals surface area contributed by atoms with Gasteiger partial charge in [-0.2, -0.15) is 0 Å². The van der Waals surface area contributed by atoms with E-state index in [1.165, 1.54) is 30.4 Å². The summed E-state index contributed by atoms with van der Waals surface area (Å²) in [6, 6.07) is 3.96. The zero-order valence-electron chi connectivity index (χ0n) is 18.7. The number of halogens is 3. The number of hydrogen-bond acceptors (Lipinski definition) is 7. The smallest absolute Gasteiger partial charge is 0.221 e. The minimum atomic E-state index is -0.643. The first-order chi connectivity index (χ1) is 16.9. The second-order valence-corrected chi connectivity index (χ2v) is 7.73. The summed E-state index contributed by atoms with van der Waals surface area (Å²) in [4.78, 5) is 12.5. The van der Waals surface area contributed by atoms with Gasteiger partial charge in [0.2, 0.25) is 5.88 Å². The van der Waals surface area contributed by atoms with Crippen molar-refractivity contribution in [3.8, 4) is 22.7 Å². The van der Waals surface area contributed by atoms with E-state index < -0.39 is 23.5 Å². The Bertz CT molecular complexity index is 1550. The van der Waals surface area contributed by atoms with E-state index >= 15 is 0 Å². The maximum absolute atomic E-state index is 14.3. The number of benzene rings is 1. The highest BCUT2D eigenvalue weighted by atomic mass is 19.1. The second-order valence-electron chi connectivity index (χ2n) is 7.73. The number of nitrogens with two attached hydrogens (primary N) is 1. The van der Waals surface area contributed by atoms with Gasteiger partial charge in [-0.1, -0.05) is 12.1 Å². The van der Waals surface area contributed by atoms with Crippen LogP contribution in [0.25, 0.3) is 27.8 Å². The van der Waals surface area contributed by atoms with Crippen molar-refractivity contribution in [2.24, 2.45) is 0 Å². The first kappa shape index (κ1) is 22.3. The molecule has 178 valence electrons. The van der Waals surface area contributed by atoms with Crippen LogP contribution in [0.4, 0.5) is 19.0 Å². The Morgan fingerprint density at radius 1 is 1.03 bits per heavy atom. The maximum atomic E-state index is 14.3. The third kappa shape index (κ3) is 3.82. The molecule has 5 rings (SSSR count). The van der Waals surface area contributed by atoms with Crippen LogP contribution in [-0.4, -0.2) is 41.6 Å². The number of rotatable bonds is 6. The SMILES string of the molecule is CCC(c1cn(-c2cc(F)ccc2F)nn1)n1cc(-c2cc(F)cnc2OC)c2c(N)ncnc21. The molecule has 1 atom stereocenters. The monoisotopic (exact) mass is 480 g/mol. The van der Waals surface area contributed by atoms with Crippen LogP contribution in [0.1, 0.15) is 25.1 Å². The molecule has 4 heterocycles. The van der Waals surface area contributed by atoms with Crippen LogP contribution in [0, 0.1) is 17.5 Å². The van der Waals surface area contributed by atoms with Crippen molar-refractivity contribution in [1.29, 1.82) is 0 Å². The van der Waals surface area contributed by atoms with Crippen molar-refractivity contribution >= 4 is 16.9 Å². The average Bonchev–Trinajstić information content (AvgIpc) is 3.48. The van der Waals surface area contributed by atoms with Gasteiger partial charge in [-0.3, -0.25) is 0 Å². The molecule has 9 nitrogen and oxygen atoms in total. The predicted octanol–water partition coefficient (Wildman–Crippen LogP) is 4.08. The number of hydrogen-bond donors (Lipinski definition) is 1. The summed E-state index contributed by atoms with van der Waals surface area (Å²) in [7, 11) is 1.43. The van der Waals surface area contributed by atoms with Gasteiger partial charge >= 0.3 is 0 Å². The lowest BCUT2D eigenvalue weighted by atomic mass is 10.1. The fourth-order valence-electron chi connectivity index (χ4n) is 4.09. The Hall–Kier alpha value is -4.48. The molecule has 0 fully saturated rings. The van der Waals surface area contributed by atoms with Gasteiger partial charge < -0.3 is 15.0 Å². The second kappa shape index (κ2) is 8.70. The van der Waals surface area contributed by atoms with Crippen LogP contribution in [0.3, 0.4) is 0 Å². The summed E-state index contributed by atoms with van der Waals surface area (Å²) < 4.78 is 50.4. The molecule has 0 aliphatic heterocycles. The Morgan fingerprint density at radius 3 is 2.63 bits per heavy atom. The molecule has 4 aromatic heterocycles. The van der Waals surface area contributed by atoms with Gasteiger partial charge in [0, 0.05) is 23.4 Å². The average molecular weight is 480 g/mol. The number of methoxy groups -OCH3 is 1. The van der Waals surface area contributed by atoms with Crippen molar-refractivity contribution in [3.05, 3.63) is 72.3 Å². The Morgan fingerprint density at radius 2 is 1.86 bits per heavy atom. The van der Waals surface area contributed by atoms with E-state index in [0.717, 1.165) is 24.4 Å². The van der Waals surface area contributed by atoms with Crippen LogP contribution in [0.2, 0.25) is 0 Å². The van der Waals surface area contributed by atoms with E-state index in [-0.39, 0.29) is 17.4 Å². The number of ether oxygens (including phenoxy) is 1. The highest BCUT2D eigenvalue weighted by Crippen LogP contribution is 2.39. The summed E-state index contributed by atoms with van der Waals surface area (Å²) in [6.07, 6.45) is 6.18. The molecule has 0 saturated heterocycles. The first-order valence-electron chi connectivity index (χ1n) is 10.6. The summed E-state index contributed by atoms with van der Waals surface area (Å²) in [5, 5.41) is 8.68. The zero-order chi connectivity index (χ0) is 24.7. The molecule has 0 bridgehead atoms. The molecule has 1 unspecified atom stereocenters. The molecule has 1 aromatic carbocycles. The lowest BCUT2D eigenvalue weighted by Gasteiger charge is -2.15. The van der Waals surface area contributed by atoms with Crippen LogP contribution < -0.4 is 10.5 Å². The van der Waals surface area contributed by atoms with Gasteiger partial charge in [-0.05, 0) is 24.6 Å². The zero-order valence-corrected chi connectivity index (χ0v) is 18.7. The molecule has 0 radical (unpaired) electrons. The summed E-state index contributed by atoms with van der Waals surface area (Å²) in [5.41, 5.74) is 7.96. The maximum Gasteiger partial charge on any atom is 0.221 e. The Balaban J connectivity index is 1.68. The third-order valence-corrected chi connectivity index (χ3v) is 5.67. The predicted molar refractivity (Wildman–Crippen MR) is 121 cm³/mol. The lowest BCUT2D eigenvalue weighted by molar-refractivity contribution is 0.398. The topological polar surface area (TPSA) is 110 Å². The lowest BCUT2D eigenvalue weighted by Crippen LogP contribution is -2.10. The fraction of sp³-hybridized carbons (Fsp3) is 0.174. The van der Waals surface area contributed by atoms with Crippen molar-refractivity contribution in [3.63, 3.8) is 0 Å². The third-order valence-electron chi connectivity index (χ3n) is 5.67. The van der Waals surface area contributed by atoms with Gasteiger partial charge in [-0.15, -0.1) is 5.10 Å². The molecule has 35 heavy (non-hydrogen) atoms. The van der Waals surface area contributed by atoms with E-state index in [2.05, 4.69) is 25.3 Å². The standard InChI is InChI=1S/C23H19F3N8O/c1-3-18(17-10-34(32-31-17)19-7-12(24)4-5-16(19)26)33-9-15(20-21(27)29-11-30-22(20)33)14-6-13(25)8-28-23(14)35-2/h4-11,18H,3H2,1-2H3,(H2,27,29,30). The van der Waals surface area contributed by atoms with E-state index in [4.69, 9.17) is 10.5 Å². The number of aromatic nitrogens is 7. The molecule has 0 spiro atoms. The number of fused-ring (bicyclic) bond motifs is 1. The number of nitrogen functional groups attached to an aromatic ring is 1. The van der Waals surface area contributed by atoms with Crippen molar-refractivity contribution in [2.45, 2.75) is 19.4 Å². The molecule has 0 aliphatic carbocycles. The normalized spacial score (nSPS) is 12.3. The van der Waals surface area contributed by atoms with Crippen molar-refractivity contribution in [1.82, 2.24) is 34.5 Å². The summed E-state index contributed by atoms with van der Waals surface area (Å²) in [6.45, 7) is 1.92. The molecular weight excluding hydrogens is 461 g/mol. The number of nitrogens with zero attached hydrogens (tertiary/aromatic N) is 7. The van der Waals surface area contributed by atoms with E-state index in [1.807, 2.05) is 11.5 Å².